The van der Waals surface area contributed by atoms with Gasteiger partial charge in [-0.25, -0.2) is 4.98 Å². The summed E-state index contributed by atoms with van der Waals surface area (Å²) in [6.07, 6.45) is 3.65. The minimum atomic E-state index is 0.772. The number of hydrogen-bond acceptors (Lipinski definition) is 3. The van der Waals surface area contributed by atoms with Crippen LogP contribution >= 0.6 is 0 Å². The molecule has 74 valence electrons. The van der Waals surface area contributed by atoms with Crippen LogP contribution in [0.4, 0.5) is 0 Å². The molecule has 0 radical (unpaired) electrons. The van der Waals surface area contributed by atoms with E-state index in [1.165, 1.54) is 0 Å². The highest BCUT2D eigenvalue weighted by atomic mass is 16.3. The second kappa shape index (κ2) is 3.67. The zero-order chi connectivity index (χ0) is 9.97. The number of aromatic nitrogens is 2. The Morgan fingerprint density at radius 2 is 2.43 bits per heavy atom. The van der Waals surface area contributed by atoms with Crippen LogP contribution in [-0.4, -0.2) is 16.6 Å². The molecule has 0 amide bonds. The molecule has 0 aliphatic rings. The van der Waals surface area contributed by atoms with Gasteiger partial charge in [0.1, 0.15) is 0 Å². The average molecular weight is 191 g/mol. The summed E-state index contributed by atoms with van der Waals surface area (Å²) in [7, 11) is 3.87. The summed E-state index contributed by atoms with van der Waals surface area (Å²) >= 11 is 0. The molecule has 0 atom stereocenters. The molecule has 1 N–H and O–H groups in total. The number of nitrogens with zero attached hydrogens (tertiary/aromatic N) is 2. The third-order valence-electron chi connectivity index (χ3n) is 2.03. The predicted octanol–water partition coefficient (Wildman–Crippen LogP) is 1.40. The largest absolute Gasteiger partial charge is 0.461 e. The highest BCUT2D eigenvalue weighted by molar-refractivity contribution is 5.47. The summed E-state index contributed by atoms with van der Waals surface area (Å²) in [4.78, 5) is 4.45. The Morgan fingerprint density at radius 3 is 3.07 bits per heavy atom. The van der Waals surface area contributed by atoms with Crippen LogP contribution in [0.15, 0.2) is 29.0 Å². The molecule has 2 aromatic rings. The lowest BCUT2D eigenvalue weighted by molar-refractivity contribution is 0.574. The normalized spacial score (nSPS) is 10.7. The molecule has 0 unspecified atom stereocenters. The number of rotatable bonds is 3. The molecule has 0 fully saturated rings. The SMILES string of the molecule is CNCc1cn(C)c(-c2ccco2)n1. The minimum Gasteiger partial charge on any atom is -0.461 e. The second-order valence-electron chi connectivity index (χ2n) is 3.17. The zero-order valence-corrected chi connectivity index (χ0v) is 8.32. The van der Waals surface area contributed by atoms with Crippen molar-refractivity contribution in [2.45, 2.75) is 6.54 Å². The van der Waals surface area contributed by atoms with E-state index in [4.69, 9.17) is 4.42 Å². The molecule has 0 aromatic carbocycles. The molecule has 4 nitrogen and oxygen atoms in total. The molecular weight excluding hydrogens is 178 g/mol. The quantitative estimate of drug-likeness (QED) is 0.797. The molecular formula is C10H13N3O. The van der Waals surface area contributed by atoms with Crippen molar-refractivity contribution in [2.75, 3.05) is 7.05 Å². The number of imidazole rings is 1. The third-order valence-corrected chi connectivity index (χ3v) is 2.03. The first kappa shape index (κ1) is 9.02. The maximum absolute atomic E-state index is 5.29. The Kier molecular flexibility index (Phi) is 2.37. The average Bonchev–Trinajstić information content (AvgIpc) is 2.74. The van der Waals surface area contributed by atoms with Crippen LogP contribution in [0.3, 0.4) is 0 Å². The van der Waals surface area contributed by atoms with Gasteiger partial charge in [-0.15, -0.1) is 0 Å². The van der Waals surface area contributed by atoms with Crippen LogP contribution in [0.1, 0.15) is 5.69 Å². The van der Waals surface area contributed by atoms with Gasteiger partial charge in [0, 0.05) is 19.8 Å². The van der Waals surface area contributed by atoms with Gasteiger partial charge in [-0.1, -0.05) is 0 Å². The van der Waals surface area contributed by atoms with Crippen molar-refractivity contribution in [3.8, 4) is 11.6 Å². The van der Waals surface area contributed by atoms with Crippen molar-refractivity contribution in [3.05, 3.63) is 30.3 Å². The first-order chi connectivity index (χ1) is 6.81. The fourth-order valence-electron chi connectivity index (χ4n) is 1.43. The zero-order valence-electron chi connectivity index (χ0n) is 8.32. The van der Waals surface area contributed by atoms with E-state index in [0.717, 1.165) is 23.8 Å². The van der Waals surface area contributed by atoms with Gasteiger partial charge < -0.3 is 14.3 Å². The van der Waals surface area contributed by atoms with E-state index < -0.39 is 0 Å². The van der Waals surface area contributed by atoms with Crippen molar-refractivity contribution >= 4 is 0 Å². The Labute approximate surface area is 82.6 Å². The van der Waals surface area contributed by atoms with Crippen LogP contribution in [0.25, 0.3) is 11.6 Å². The summed E-state index contributed by atoms with van der Waals surface area (Å²) in [5, 5.41) is 3.06. The fraction of sp³-hybridized carbons (Fsp3) is 0.300. The Bertz CT molecular complexity index is 403. The molecule has 2 aromatic heterocycles. The fourth-order valence-corrected chi connectivity index (χ4v) is 1.43. The number of aryl methyl sites for hydroxylation is 1. The van der Waals surface area contributed by atoms with E-state index in [0.29, 0.717) is 0 Å². The molecule has 14 heavy (non-hydrogen) atoms. The van der Waals surface area contributed by atoms with E-state index in [2.05, 4.69) is 10.3 Å². The molecule has 4 heteroatoms. The monoisotopic (exact) mass is 191 g/mol. The molecule has 2 rings (SSSR count). The summed E-state index contributed by atoms with van der Waals surface area (Å²) in [5.74, 6) is 1.66. The molecule has 0 saturated carbocycles. The number of hydrogen-bond donors (Lipinski definition) is 1. The summed E-state index contributed by atoms with van der Waals surface area (Å²) in [5.41, 5.74) is 1.02. The van der Waals surface area contributed by atoms with Crippen molar-refractivity contribution < 1.29 is 4.42 Å². The highest BCUT2D eigenvalue weighted by Gasteiger charge is 2.08. The van der Waals surface area contributed by atoms with Crippen LogP contribution in [0.2, 0.25) is 0 Å². The Hall–Kier alpha value is -1.55. The van der Waals surface area contributed by atoms with Gasteiger partial charge in [0.2, 0.25) is 0 Å². The highest BCUT2D eigenvalue weighted by Crippen LogP contribution is 2.17. The molecule has 0 bridgehead atoms. The lowest BCUT2D eigenvalue weighted by atomic mass is 10.4. The first-order valence-corrected chi connectivity index (χ1v) is 4.52. The molecule has 0 aliphatic heterocycles. The lowest BCUT2D eigenvalue weighted by Gasteiger charge is -1.94. The maximum atomic E-state index is 5.29. The van der Waals surface area contributed by atoms with Crippen molar-refractivity contribution in [1.29, 1.82) is 0 Å². The Morgan fingerprint density at radius 1 is 1.57 bits per heavy atom. The van der Waals surface area contributed by atoms with E-state index in [1.807, 2.05) is 37.0 Å². The van der Waals surface area contributed by atoms with E-state index in [-0.39, 0.29) is 0 Å². The van der Waals surface area contributed by atoms with Gasteiger partial charge >= 0.3 is 0 Å². The number of furan rings is 1. The minimum absolute atomic E-state index is 0.772. The van der Waals surface area contributed by atoms with Crippen LogP contribution < -0.4 is 5.32 Å². The van der Waals surface area contributed by atoms with Crippen molar-refractivity contribution in [1.82, 2.24) is 14.9 Å². The van der Waals surface area contributed by atoms with Gasteiger partial charge in [0.15, 0.2) is 11.6 Å². The number of nitrogens with one attached hydrogen (secondary N) is 1. The van der Waals surface area contributed by atoms with Gasteiger partial charge in [0.05, 0.1) is 12.0 Å². The van der Waals surface area contributed by atoms with Gasteiger partial charge in [0.25, 0.3) is 0 Å². The smallest absolute Gasteiger partial charge is 0.176 e. The van der Waals surface area contributed by atoms with Crippen molar-refractivity contribution in [3.63, 3.8) is 0 Å². The van der Waals surface area contributed by atoms with E-state index >= 15 is 0 Å². The van der Waals surface area contributed by atoms with Gasteiger partial charge in [-0.05, 0) is 19.2 Å². The first-order valence-electron chi connectivity index (χ1n) is 4.52. The van der Waals surface area contributed by atoms with E-state index in [1.54, 1.807) is 6.26 Å². The van der Waals surface area contributed by atoms with E-state index in [9.17, 15) is 0 Å². The topological polar surface area (TPSA) is 43.0 Å². The molecule has 0 saturated heterocycles. The summed E-state index contributed by atoms with van der Waals surface area (Å²) in [6.45, 7) is 0.772. The predicted molar refractivity (Wildman–Crippen MR) is 53.7 cm³/mol. The summed E-state index contributed by atoms with van der Waals surface area (Å²) in [6, 6.07) is 3.77. The van der Waals surface area contributed by atoms with Crippen LogP contribution in [0.5, 0.6) is 0 Å². The summed E-state index contributed by atoms with van der Waals surface area (Å²) < 4.78 is 7.25. The van der Waals surface area contributed by atoms with Crippen molar-refractivity contribution in [2.24, 2.45) is 7.05 Å². The lowest BCUT2D eigenvalue weighted by Crippen LogP contribution is -2.04. The maximum Gasteiger partial charge on any atom is 0.176 e. The molecule has 0 aliphatic carbocycles. The van der Waals surface area contributed by atoms with Gasteiger partial charge in [-0.3, -0.25) is 0 Å². The molecule has 0 spiro atoms. The molecule has 2 heterocycles. The Balaban J connectivity index is 2.35. The third kappa shape index (κ3) is 1.56. The van der Waals surface area contributed by atoms with Gasteiger partial charge in [-0.2, -0.15) is 0 Å². The van der Waals surface area contributed by atoms with Crippen LogP contribution in [-0.2, 0) is 13.6 Å². The standard InChI is InChI=1S/C10H13N3O/c1-11-6-8-7-13(2)10(12-8)9-4-3-5-14-9/h3-5,7,11H,6H2,1-2H3. The second-order valence-corrected chi connectivity index (χ2v) is 3.17. The van der Waals surface area contributed by atoms with Crippen LogP contribution in [0, 0.1) is 0 Å².